The molecule has 4 atom stereocenters. The van der Waals surface area contributed by atoms with Gasteiger partial charge >= 0.3 is 0 Å². The molecule has 0 radical (unpaired) electrons. The average Bonchev–Trinajstić information content (AvgIpc) is 3.58. The van der Waals surface area contributed by atoms with Gasteiger partial charge in [0, 0.05) is 25.8 Å². The lowest BCUT2D eigenvalue weighted by molar-refractivity contribution is -0.140. The average molecular weight is 425 g/mol. The Morgan fingerprint density at radius 2 is 1.84 bits per heavy atom. The van der Waals surface area contributed by atoms with Crippen LogP contribution in [0.4, 0.5) is 0 Å². The first-order valence-corrected chi connectivity index (χ1v) is 11.8. The Morgan fingerprint density at radius 1 is 1.13 bits per heavy atom. The van der Waals surface area contributed by atoms with Gasteiger partial charge in [0.25, 0.3) is 0 Å². The van der Waals surface area contributed by atoms with Crippen molar-refractivity contribution in [2.75, 3.05) is 19.6 Å². The maximum atomic E-state index is 12.8. The number of guanidine groups is 1. The Bertz CT molecular complexity index is 870. The predicted octanol–water partition coefficient (Wildman–Crippen LogP) is 1.86. The number of carbonyl (C=O) groups is 2. The summed E-state index contributed by atoms with van der Waals surface area (Å²) in [6.45, 7) is 4.12. The lowest BCUT2D eigenvalue weighted by atomic mass is 9.85. The van der Waals surface area contributed by atoms with Gasteiger partial charge < -0.3 is 10.6 Å². The molecule has 31 heavy (non-hydrogen) atoms. The second kappa shape index (κ2) is 8.48. The topological polar surface area (TPSA) is 91.6 Å². The second-order valence-corrected chi connectivity index (χ2v) is 9.18. The first kappa shape index (κ1) is 20.3. The van der Waals surface area contributed by atoms with E-state index in [2.05, 4.69) is 38.7 Å². The Morgan fingerprint density at radius 3 is 2.52 bits per heavy atom. The van der Waals surface area contributed by atoms with Gasteiger partial charge in [-0.15, -0.1) is 0 Å². The zero-order valence-electron chi connectivity index (χ0n) is 18.2. The third kappa shape index (κ3) is 3.77. The number of imide groups is 1. The van der Waals surface area contributed by atoms with Gasteiger partial charge in [0.1, 0.15) is 0 Å². The molecule has 4 aliphatic rings. The van der Waals surface area contributed by atoms with Gasteiger partial charge in [-0.3, -0.25) is 19.2 Å². The summed E-state index contributed by atoms with van der Waals surface area (Å²) in [4.78, 5) is 31.7. The molecule has 4 unspecified atom stereocenters. The van der Waals surface area contributed by atoms with E-state index in [4.69, 9.17) is 5.10 Å². The minimum absolute atomic E-state index is 0.00745. The molecule has 1 aliphatic heterocycles. The van der Waals surface area contributed by atoms with Crippen molar-refractivity contribution in [2.24, 2.45) is 28.7 Å². The number of carbonyl (C=O) groups excluding carboxylic acids is 2. The van der Waals surface area contributed by atoms with Crippen molar-refractivity contribution >= 4 is 17.8 Å². The van der Waals surface area contributed by atoms with Crippen LogP contribution in [0.1, 0.15) is 50.8 Å². The third-order valence-corrected chi connectivity index (χ3v) is 7.30. The maximum Gasteiger partial charge on any atom is 0.233 e. The summed E-state index contributed by atoms with van der Waals surface area (Å²) in [5, 5.41) is 11.2. The molecule has 8 nitrogen and oxygen atoms in total. The number of hydrogen-bond donors (Lipinski definition) is 2. The lowest BCUT2D eigenvalue weighted by Gasteiger charge is -2.18. The fraction of sp³-hybridized carbons (Fsp3) is 0.652. The molecule has 166 valence electrons. The van der Waals surface area contributed by atoms with Crippen molar-refractivity contribution in [3.63, 3.8) is 0 Å². The molecule has 0 aromatic carbocycles. The SMILES string of the molecule is CCNC(=NCc1ccn(C2CCCC2)n1)NCCN1C(=O)C2C3C=CC(C3)C2C1=O. The molecule has 3 fully saturated rings. The molecular weight excluding hydrogens is 392 g/mol. The molecule has 2 heterocycles. The van der Waals surface area contributed by atoms with Crippen LogP contribution in [0.2, 0.25) is 0 Å². The maximum absolute atomic E-state index is 12.8. The van der Waals surface area contributed by atoms with Gasteiger partial charge in [0.15, 0.2) is 5.96 Å². The lowest BCUT2D eigenvalue weighted by Crippen LogP contribution is -2.43. The molecule has 3 aliphatic carbocycles. The van der Waals surface area contributed by atoms with E-state index in [9.17, 15) is 9.59 Å². The number of rotatable bonds is 7. The number of nitrogens with zero attached hydrogens (tertiary/aromatic N) is 4. The van der Waals surface area contributed by atoms with Gasteiger partial charge in [0.2, 0.25) is 11.8 Å². The monoisotopic (exact) mass is 424 g/mol. The molecule has 1 aromatic heterocycles. The summed E-state index contributed by atoms with van der Waals surface area (Å²) in [7, 11) is 0. The fourth-order valence-corrected chi connectivity index (χ4v) is 5.81. The van der Waals surface area contributed by atoms with Crippen LogP contribution in [0.25, 0.3) is 0 Å². The summed E-state index contributed by atoms with van der Waals surface area (Å²) < 4.78 is 2.08. The van der Waals surface area contributed by atoms with Crippen LogP contribution in [0.5, 0.6) is 0 Å². The number of aromatic nitrogens is 2. The van der Waals surface area contributed by atoms with Crippen LogP contribution in [0.15, 0.2) is 29.4 Å². The molecule has 2 saturated carbocycles. The van der Waals surface area contributed by atoms with Crippen LogP contribution in [0.3, 0.4) is 0 Å². The molecule has 0 spiro atoms. The highest BCUT2D eigenvalue weighted by Crippen LogP contribution is 2.52. The van der Waals surface area contributed by atoms with E-state index in [1.807, 2.05) is 13.0 Å². The molecule has 8 heteroatoms. The van der Waals surface area contributed by atoms with Crippen LogP contribution in [-0.4, -0.2) is 52.1 Å². The quantitative estimate of drug-likeness (QED) is 0.302. The number of allylic oxidation sites excluding steroid dienone is 2. The standard InChI is InChI=1S/C23H32N6O2/c1-2-24-23(26-14-17-9-11-29(27-17)18-5-3-4-6-18)25-10-12-28-21(30)19-15-7-8-16(13-15)20(19)22(28)31/h7-9,11,15-16,18-20H,2-6,10,12-14H2,1H3,(H2,24,25,26). The van der Waals surface area contributed by atoms with Crippen molar-refractivity contribution in [1.29, 1.82) is 0 Å². The van der Waals surface area contributed by atoms with E-state index in [0.29, 0.717) is 31.6 Å². The van der Waals surface area contributed by atoms with Gasteiger partial charge in [-0.2, -0.15) is 5.10 Å². The number of amides is 2. The smallest absolute Gasteiger partial charge is 0.233 e. The summed E-state index contributed by atoms with van der Waals surface area (Å²) in [5.74, 6) is 0.957. The van der Waals surface area contributed by atoms with E-state index in [1.54, 1.807) is 0 Å². The fourth-order valence-electron chi connectivity index (χ4n) is 5.81. The Labute approximate surface area is 183 Å². The number of fused-ring (bicyclic) bond motifs is 5. The molecule has 2 N–H and O–H groups in total. The predicted molar refractivity (Wildman–Crippen MR) is 117 cm³/mol. The van der Waals surface area contributed by atoms with Crippen molar-refractivity contribution in [2.45, 2.75) is 51.6 Å². The normalized spacial score (nSPS) is 30.0. The zero-order chi connectivity index (χ0) is 21.4. The molecule has 2 bridgehead atoms. The number of likely N-dealkylation sites (tertiary alicyclic amines) is 1. The van der Waals surface area contributed by atoms with Gasteiger partial charge in [-0.05, 0) is 44.1 Å². The van der Waals surface area contributed by atoms with Crippen molar-refractivity contribution in [3.05, 3.63) is 30.1 Å². The Balaban J connectivity index is 1.15. The molecule has 1 aromatic rings. The Kier molecular flexibility index (Phi) is 5.54. The molecular formula is C23H32N6O2. The highest BCUT2D eigenvalue weighted by atomic mass is 16.2. The Hall–Kier alpha value is -2.64. The number of aliphatic imine (C=N–C) groups is 1. The van der Waals surface area contributed by atoms with Gasteiger partial charge in [-0.25, -0.2) is 4.99 Å². The van der Waals surface area contributed by atoms with Crippen LogP contribution < -0.4 is 10.6 Å². The molecule has 5 rings (SSSR count). The third-order valence-electron chi connectivity index (χ3n) is 7.30. The van der Waals surface area contributed by atoms with Crippen molar-refractivity contribution in [3.8, 4) is 0 Å². The molecule has 1 saturated heterocycles. The van der Waals surface area contributed by atoms with E-state index in [-0.39, 0.29) is 35.5 Å². The zero-order valence-corrected chi connectivity index (χ0v) is 18.2. The van der Waals surface area contributed by atoms with E-state index >= 15 is 0 Å². The summed E-state index contributed by atoms with van der Waals surface area (Å²) in [6.07, 6.45) is 12.3. The van der Waals surface area contributed by atoms with Crippen molar-refractivity contribution in [1.82, 2.24) is 25.3 Å². The first-order chi connectivity index (χ1) is 15.2. The summed E-state index contributed by atoms with van der Waals surface area (Å²) in [5.41, 5.74) is 0.949. The van der Waals surface area contributed by atoms with Crippen LogP contribution in [-0.2, 0) is 16.1 Å². The van der Waals surface area contributed by atoms with E-state index < -0.39 is 0 Å². The molecule has 2 amide bonds. The van der Waals surface area contributed by atoms with Gasteiger partial charge in [-0.1, -0.05) is 25.0 Å². The van der Waals surface area contributed by atoms with E-state index in [0.717, 1.165) is 18.7 Å². The minimum Gasteiger partial charge on any atom is -0.357 e. The minimum atomic E-state index is -0.126. The van der Waals surface area contributed by atoms with Crippen LogP contribution >= 0.6 is 0 Å². The van der Waals surface area contributed by atoms with E-state index in [1.165, 1.54) is 30.6 Å². The number of hydrogen-bond acceptors (Lipinski definition) is 4. The largest absolute Gasteiger partial charge is 0.357 e. The first-order valence-electron chi connectivity index (χ1n) is 11.8. The second-order valence-electron chi connectivity index (χ2n) is 9.18. The summed E-state index contributed by atoms with van der Waals surface area (Å²) >= 11 is 0. The van der Waals surface area contributed by atoms with Gasteiger partial charge in [0.05, 0.1) is 30.1 Å². The van der Waals surface area contributed by atoms with Crippen LogP contribution in [0, 0.1) is 23.7 Å². The summed E-state index contributed by atoms with van der Waals surface area (Å²) in [6, 6.07) is 2.57. The highest BCUT2D eigenvalue weighted by molar-refractivity contribution is 6.06. The number of nitrogens with one attached hydrogen (secondary N) is 2. The van der Waals surface area contributed by atoms with Crippen molar-refractivity contribution < 1.29 is 9.59 Å². The highest BCUT2D eigenvalue weighted by Gasteiger charge is 2.58.